The molecule has 0 bridgehead atoms. The molecule has 128 valence electrons. The summed E-state index contributed by atoms with van der Waals surface area (Å²) in [6, 6.07) is 7.96. The molecule has 1 atom stereocenters. The lowest BCUT2D eigenvalue weighted by Crippen LogP contribution is -2.26. The van der Waals surface area contributed by atoms with Crippen LogP contribution >= 0.6 is 0 Å². The van der Waals surface area contributed by atoms with E-state index in [-0.39, 0.29) is 6.61 Å². The number of amides is 1. The lowest BCUT2D eigenvalue weighted by molar-refractivity contribution is -0.119. The van der Waals surface area contributed by atoms with Gasteiger partial charge in [0.2, 0.25) is 0 Å². The SMILES string of the molecule is CC(C)(C)C1CCCN(Cc2cccc(OCC(N)=O)c2)CC1. The smallest absolute Gasteiger partial charge is 0.255 e. The summed E-state index contributed by atoms with van der Waals surface area (Å²) in [4.78, 5) is 13.3. The van der Waals surface area contributed by atoms with Gasteiger partial charge < -0.3 is 10.5 Å². The molecule has 0 saturated carbocycles. The molecule has 1 aliphatic rings. The number of hydrogen-bond donors (Lipinski definition) is 1. The third kappa shape index (κ3) is 5.87. The van der Waals surface area contributed by atoms with Crippen molar-refractivity contribution in [3.8, 4) is 5.75 Å². The molecule has 1 aromatic carbocycles. The van der Waals surface area contributed by atoms with Crippen LogP contribution in [0.5, 0.6) is 5.75 Å². The lowest BCUT2D eigenvalue weighted by Gasteiger charge is -2.29. The van der Waals surface area contributed by atoms with Crippen molar-refractivity contribution >= 4 is 5.91 Å². The zero-order valence-electron chi connectivity index (χ0n) is 14.7. The number of nitrogens with two attached hydrogens (primary N) is 1. The summed E-state index contributed by atoms with van der Waals surface area (Å²) in [5.74, 6) is 1.07. The second-order valence-electron chi connectivity index (χ2n) is 7.67. The van der Waals surface area contributed by atoms with E-state index < -0.39 is 5.91 Å². The molecular formula is C19H30N2O2. The van der Waals surface area contributed by atoms with Gasteiger partial charge in [0.1, 0.15) is 5.75 Å². The van der Waals surface area contributed by atoms with Crippen molar-refractivity contribution < 1.29 is 9.53 Å². The molecule has 2 N–H and O–H groups in total. The van der Waals surface area contributed by atoms with E-state index in [1.807, 2.05) is 18.2 Å². The van der Waals surface area contributed by atoms with E-state index in [2.05, 4.69) is 31.7 Å². The number of ether oxygens (including phenoxy) is 1. The highest BCUT2D eigenvalue weighted by molar-refractivity contribution is 5.75. The Labute approximate surface area is 140 Å². The normalized spacial score (nSPS) is 20.0. The van der Waals surface area contributed by atoms with E-state index in [0.717, 1.165) is 25.6 Å². The van der Waals surface area contributed by atoms with Crippen molar-refractivity contribution in [3.05, 3.63) is 29.8 Å². The van der Waals surface area contributed by atoms with Gasteiger partial charge in [-0.3, -0.25) is 9.69 Å². The second-order valence-corrected chi connectivity index (χ2v) is 7.67. The lowest BCUT2D eigenvalue weighted by atomic mass is 9.77. The largest absolute Gasteiger partial charge is 0.484 e. The molecule has 1 aromatic rings. The number of carbonyl (C=O) groups excluding carboxylic acids is 1. The van der Waals surface area contributed by atoms with Gasteiger partial charge in [0, 0.05) is 6.54 Å². The molecular weight excluding hydrogens is 288 g/mol. The standard InChI is InChI=1S/C19H30N2O2/c1-19(2,3)16-7-5-10-21(11-9-16)13-15-6-4-8-17(12-15)23-14-18(20)22/h4,6,8,12,16H,5,7,9-11,13-14H2,1-3H3,(H2,20,22). The Morgan fingerprint density at radius 3 is 2.78 bits per heavy atom. The first-order valence-corrected chi connectivity index (χ1v) is 8.57. The van der Waals surface area contributed by atoms with Crippen LogP contribution in [0.2, 0.25) is 0 Å². The highest BCUT2D eigenvalue weighted by Gasteiger charge is 2.26. The Bertz CT molecular complexity index is 522. The maximum atomic E-state index is 10.8. The highest BCUT2D eigenvalue weighted by atomic mass is 16.5. The molecule has 1 unspecified atom stereocenters. The van der Waals surface area contributed by atoms with Crippen LogP contribution < -0.4 is 10.5 Å². The number of likely N-dealkylation sites (tertiary alicyclic amines) is 1. The minimum absolute atomic E-state index is 0.0690. The van der Waals surface area contributed by atoms with Gasteiger partial charge in [-0.25, -0.2) is 0 Å². The summed E-state index contributed by atoms with van der Waals surface area (Å²) in [6.45, 7) is 10.2. The maximum absolute atomic E-state index is 10.8. The number of benzene rings is 1. The van der Waals surface area contributed by atoms with Crippen molar-refractivity contribution in [1.82, 2.24) is 4.90 Å². The van der Waals surface area contributed by atoms with Crippen LogP contribution in [-0.4, -0.2) is 30.5 Å². The Morgan fingerprint density at radius 2 is 2.09 bits per heavy atom. The molecule has 2 rings (SSSR count). The van der Waals surface area contributed by atoms with E-state index in [9.17, 15) is 4.79 Å². The van der Waals surface area contributed by atoms with Crippen molar-refractivity contribution in [2.45, 2.75) is 46.6 Å². The topological polar surface area (TPSA) is 55.6 Å². The van der Waals surface area contributed by atoms with Crippen molar-refractivity contribution in [1.29, 1.82) is 0 Å². The van der Waals surface area contributed by atoms with Crippen molar-refractivity contribution in [2.24, 2.45) is 17.1 Å². The summed E-state index contributed by atoms with van der Waals surface area (Å²) in [5, 5.41) is 0. The molecule has 1 heterocycles. The number of primary amides is 1. The fourth-order valence-electron chi connectivity index (χ4n) is 3.33. The number of rotatable bonds is 5. The first-order valence-electron chi connectivity index (χ1n) is 8.57. The van der Waals surface area contributed by atoms with Crippen LogP contribution in [0.4, 0.5) is 0 Å². The van der Waals surface area contributed by atoms with E-state index in [1.165, 1.54) is 24.8 Å². The molecule has 23 heavy (non-hydrogen) atoms. The third-order valence-electron chi connectivity index (χ3n) is 4.73. The molecule has 0 spiro atoms. The molecule has 1 amide bonds. The molecule has 1 aliphatic heterocycles. The zero-order chi connectivity index (χ0) is 16.9. The first kappa shape index (κ1) is 17.8. The van der Waals surface area contributed by atoms with Gasteiger partial charge in [-0.15, -0.1) is 0 Å². The average Bonchev–Trinajstić information content (AvgIpc) is 2.71. The average molecular weight is 318 g/mol. The van der Waals surface area contributed by atoms with Gasteiger partial charge in [-0.05, 0) is 61.4 Å². The molecule has 1 saturated heterocycles. The highest BCUT2D eigenvalue weighted by Crippen LogP contribution is 2.34. The summed E-state index contributed by atoms with van der Waals surface area (Å²) >= 11 is 0. The Morgan fingerprint density at radius 1 is 1.30 bits per heavy atom. The van der Waals surface area contributed by atoms with Crippen LogP contribution in [0, 0.1) is 11.3 Å². The van der Waals surface area contributed by atoms with E-state index in [4.69, 9.17) is 10.5 Å². The minimum Gasteiger partial charge on any atom is -0.484 e. The van der Waals surface area contributed by atoms with Crippen LogP contribution in [0.1, 0.15) is 45.6 Å². The Balaban J connectivity index is 1.91. The van der Waals surface area contributed by atoms with Crippen LogP contribution in [0.3, 0.4) is 0 Å². The molecule has 4 nitrogen and oxygen atoms in total. The monoisotopic (exact) mass is 318 g/mol. The molecule has 4 heteroatoms. The third-order valence-corrected chi connectivity index (χ3v) is 4.73. The predicted molar refractivity (Wildman–Crippen MR) is 93.2 cm³/mol. The summed E-state index contributed by atoms with van der Waals surface area (Å²) in [5.41, 5.74) is 6.75. The van der Waals surface area contributed by atoms with Crippen LogP contribution in [0.25, 0.3) is 0 Å². The van der Waals surface area contributed by atoms with E-state index >= 15 is 0 Å². The molecule has 1 fully saturated rings. The van der Waals surface area contributed by atoms with Gasteiger partial charge in [-0.1, -0.05) is 32.9 Å². The van der Waals surface area contributed by atoms with Crippen LogP contribution in [-0.2, 0) is 11.3 Å². The molecule has 0 aromatic heterocycles. The van der Waals surface area contributed by atoms with Gasteiger partial charge >= 0.3 is 0 Å². The predicted octanol–water partition coefficient (Wildman–Crippen LogP) is 3.20. The van der Waals surface area contributed by atoms with E-state index in [0.29, 0.717) is 11.2 Å². The fraction of sp³-hybridized carbons (Fsp3) is 0.632. The van der Waals surface area contributed by atoms with Crippen molar-refractivity contribution in [3.63, 3.8) is 0 Å². The minimum atomic E-state index is -0.448. The van der Waals surface area contributed by atoms with Crippen molar-refractivity contribution in [2.75, 3.05) is 19.7 Å². The second kappa shape index (κ2) is 7.82. The summed E-state index contributed by atoms with van der Waals surface area (Å²) < 4.78 is 5.39. The quantitative estimate of drug-likeness (QED) is 0.907. The van der Waals surface area contributed by atoms with Gasteiger partial charge in [0.05, 0.1) is 0 Å². The maximum Gasteiger partial charge on any atom is 0.255 e. The fourth-order valence-corrected chi connectivity index (χ4v) is 3.33. The number of nitrogens with zero attached hydrogens (tertiary/aromatic N) is 1. The van der Waals surface area contributed by atoms with E-state index in [1.54, 1.807) is 0 Å². The summed E-state index contributed by atoms with van der Waals surface area (Å²) in [6.07, 6.45) is 3.85. The first-order chi connectivity index (χ1) is 10.8. The van der Waals surface area contributed by atoms with Gasteiger partial charge in [0.15, 0.2) is 6.61 Å². The Hall–Kier alpha value is -1.55. The molecule has 0 radical (unpaired) electrons. The van der Waals surface area contributed by atoms with Gasteiger partial charge in [0.25, 0.3) is 5.91 Å². The Kier molecular flexibility index (Phi) is 6.05. The number of carbonyl (C=O) groups is 1. The van der Waals surface area contributed by atoms with Crippen LogP contribution in [0.15, 0.2) is 24.3 Å². The molecule has 0 aliphatic carbocycles. The van der Waals surface area contributed by atoms with Gasteiger partial charge in [-0.2, -0.15) is 0 Å². The summed E-state index contributed by atoms with van der Waals surface area (Å²) in [7, 11) is 0. The zero-order valence-corrected chi connectivity index (χ0v) is 14.7. The number of hydrogen-bond acceptors (Lipinski definition) is 3.